The molecule has 0 radical (unpaired) electrons. The van der Waals surface area contributed by atoms with Crippen LogP contribution in [-0.4, -0.2) is 21.3 Å². The van der Waals surface area contributed by atoms with Crippen molar-refractivity contribution < 1.29 is 0 Å². The number of hydrogen-bond acceptors (Lipinski definition) is 4. The first-order valence-electron chi connectivity index (χ1n) is 5.46. The van der Waals surface area contributed by atoms with Gasteiger partial charge in [0.2, 0.25) is 0 Å². The number of aromatic nitrogens is 3. The zero-order chi connectivity index (χ0) is 12.1. The Kier molecular flexibility index (Phi) is 3.48. The molecular formula is C12H13N5. The summed E-state index contributed by atoms with van der Waals surface area (Å²) in [6, 6.07) is 9.84. The fourth-order valence-corrected chi connectivity index (χ4v) is 1.57. The van der Waals surface area contributed by atoms with Crippen LogP contribution in [0.2, 0.25) is 0 Å². The lowest BCUT2D eigenvalue weighted by atomic mass is 10.2. The van der Waals surface area contributed by atoms with Crippen molar-refractivity contribution in [2.24, 2.45) is 0 Å². The van der Waals surface area contributed by atoms with Gasteiger partial charge in [0.05, 0.1) is 5.69 Å². The third-order valence-corrected chi connectivity index (χ3v) is 2.40. The van der Waals surface area contributed by atoms with E-state index in [1.54, 1.807) is 11.0 Å². The van der Waals surface area contributed by atoms with Crippen molar-refractivity contribution in [1.29, 1.82) is 5.26 Å². The Morgan fingerprint density at radius 1 is 1.41 bits per heavy atom. The number of benzene rings is 1. The van der Waals surface area contributed by atoms with Crippen molar-refractivity contribution in [2.45, 2.75) is 13.5 Å². The summed E-state index contributed by atoms with van der Waals surface area (Å²) in [6.07, 6.45) is 1.56. The number of nitrogens with zero attached hydrogens (tertiary/aromatic N) is 4. The van der Waals surface area contributed by atoms with Crippen molar-refractivity contribution in [3.8, 4) is 11.8 Å². The number of nitriles is 1. The van der Waals surface area contributed by atoms with E-state index < -0.39 is 0 Å². The topological polar surface area (TPSA) is 66.5 Å². The molecule has 2 aromatic rings. The highest BCUT2D eigenvalue weighted by atomic mass is 15.3. The largest absolute Gasteiger partial charge is 0.313 e. The normalized spacial score (nSPS) is 10.1. The SMILES string of the molecule is CCNCc1ccccc1-n1cnc(C#N)n1. The molecular weight excluding hydrogens is 214 g/mol. The summed E-state index contributed by atoms with van der Waals surface area (Å²) in [5.41, 5.74) is 2.08. The van der Waals surface area contributed by atoms with Crippen LogP contribution in [0.25, 0.3) is 5.69 Å². The highest BCUT2D eigenvalue weighted by molar-refractivity contribution is 5.40. The standard InChI is InChI=1S/C12H13N5/c1-2-14-8-10-5-3-4-6-11(10)17-9-15-12(7-13)16-17/h3-6,9,14H,2,8H2,1H3. The molecule has 5 heteroatoms. The Bertz CT molecular complexity index is 538. The fraction of sp³-hybridized carbons (Fsp3) is 0.250. The van der Waals surface area contributed by atoms with Gasteiger partial charge in [-0.2, -0.15) is 5.26 Å². The van der Waals surface area contributed by atoms with Crippen LogP contribution in [-0.2, 0) is 6.54 Å². The summed E-state index contributed by atoms with van der Waals surface area (Å²) in [7, 11) is 0. The molecule has 1 heterocycles. The van der Waals surface area contributed by atoms with Gasteiger partial charge in [-0.25, -0.2) is 9.67 Å². The van der Waals surface area contributed by atoms with E-state index in [9.17, 15) is 0 Å². The molecule has 5 nitrogen and oxygen atoms in total. The smallest absolute Gasteiger partial charge is 0.252 e. The van der Waals surface area contributed by atoms with E-state index in [1.807, 2.05) is 30.3 Å². The van der Waals surface area contributed by atoms with Gasteiger partial charge in [-0.15, -0.1) is 5.10 Å². The van der Waals surface area contributed by atoms with Gasteiger partial charge < -0.3 is 5.32 Å². The number of para-hydroxylation sites is 1. The van der Waals surface area contributed by atoms with Gasteiger partial charge in [-0.1, -0.05) is 25.1 Å². The number of rotatable bonds is 4. The molecule has 0 saturated carbocycles. The van der Waals surface area contributed by atoms with Crippen molar-refractivity contribution in [2.75, 3.05) is 6.54 Å². The van der Waals surface area contributed by atoms with Crippen LogP contribution in [0.4, 0.5) is 0 Å². The van der Waals surface area contributed by atoms with Crippen LogP contribution in [0, 0.1) is 11.3 Å². The molecule has 0 fully saturated rings. The molecule has 2 rings (SSSR count). The van der Waals surface area contributed by atoms with E-state index in [0.29, 0.717) is 0 Å². The average molecular weight is 227 g/mol. The van der Waals surface area contributed by atoms with Gasteiger partial charge in [-0.05, 0) is 18.2 Å². The summed E-state index contributed by atoms with van der Waals surface area (Å²) < 4.78 is 1.63. The fourth-order valence-electron chi connectivity index (χ4n) is 1.57. The Hall–Kier alpha value is -2.19. The molecule has 1 aromatic carbocycles. The third-order valence-electron chi connectivity index (χ3n) is 2.40. The van der Waals surface area contributed by atoms with E-state index in [1.165, 1.54) is 0 Å². The Morgan fingerprint density at radius 2 is 2.24 bits per heavy atom. The summed E-state index contributed by atoms with van der Waals surface area (Å²) in [5, 5.41) is 16.1. The Balaban J connectivity index is 2.34. The predicted molar refractivity (Wildman–Crippen MR) is 63.5 cm³/mol. The second-order valence-electron chi connectivity index (χ2n) is 3.53. The highest BCUT2D eigenvalue weighted by Crippen LogP contribution is 2.12. The molecule has 1 N–H and O–H groups in total. The van der Waals surface area contributed by atoms with Crippen molar-refractivity contribution in [1.82, 2.24) is 20.1 Å². The molecule has 0 unspecified atom stereocenters. The van der Waals surface area contributed by atoms with E-state index in [2.05, 4.69) is 22.3 Å². The van der Waals surface area contributed by atoms with Gasteiger partial charge in [0.25, 0.3) is 5.82 Å². The highest BCUT2D eigenvalue weighted by Gasteiger charge is 2.06. The van der Waals surface area contributed by atoms with E-state index in [0.717, 1.165) is 24.3 Å². The molecule has 0 atom stereocenters. The molecule has 0 aliphatic carbocycles. The molecule has 1 aromatic heterocycles. The van der Waals surface area contributed by atoms with Crippen molar-refractivity contribution >= 4 is 0 Å². The summed E-state index contributed by atoms with van der Waals surface area (Å²) >= 11 is 0. The molecule has 0 amide bonds. The summed E-state index contributed by atoms with van der Waals surface area (Å²) in [6.45, 7) is 3.75. The van der Waals surface area contributed by atoms with Gasteiger partial charge in [0, 0.05) is 6.54 Å². The number of hydrogen-bond donors (Lipinski definition) is 1. The van der Waals surface area contributed by atoms with Crippen LogP contribution < -0.4 is 5.32 Å². The average Bonchev–Trinajstić information content (AvgIpc) is 2.85. The minimum absolute atomic E-state index is 0.184. The lowest BCUT2D eigenvalue weighted by molar-refractivity contribution is 0.716. The quantitative estimate of drug-likeness (QED) is 0.853. The van der Waals surface area contributed by atoms with Crippen molar-refractivity contribution in [3.63, 3.8) is 0 Å². The van der Waals surface area contributed by atoms with E-state index in [-0.39, 0.29) is 5.82 Å². The van der Waals surface area contributed by atoms with Crippen LogP contribution in [0.1, 0.15) is 18.3 Å². The minimum atomic E-state index is 0.184. The Labute approximate surface area is 99.7 Å². The predicted octanol–water partition coefficient (Wildman–Crippen LogP) is 1.25. The monoisotopic (exact) mass is 227 g/mol. The minimum Gasteiger partial charge on any atom is -0.313 e. The summed E-state index contributed by atoms with van der Waals surface area (Å²) in [5.74, 6) is 0.184. The Morgan fingerprint density at radius 3 is 2.94 bits per heavy atom. The summed E-state index contributed by atoms with van der Waals surface area (Å²) in [4.78, 5) is 3.90. The molecule has 0 spiro atoms. The lowest BCUT2D eigenvalue weighted by Gasteiger charge is -2.08. The van der Waals surface area contributed by atoms with Crippen LogP contribution in [0.3, 0.4) is 0 Å². The first-order valence-corrected chi connectivity index (χ1v) is 5.46. The zero-order valence-corrected chi connectivity index (χ0v) is 9.59. The molecule has 0 bridgehead atoms. The molecule has 86 valence electrons. The van der Waals surface area contributed by atoms with Crippen LogP contribution in [0.15, 0.2) is 30.6 Å². The van der Waals surface area contributed by atoms with Gasteiger partial charge in [0.15, 0.2) is 0 Å². The molecule has 17 heavy (non-hydrogen) atoms. The van der Waals surface area contributed by atoms with Gasteiger partial charge >= 0.3 is 0 Å². The molecule has 0 aliphatic heterocycles. The van der Waals surface area contributed by atoms with Crippen LogP contribution >= 0.6 is 0 Å². The van der Waals surface area contributed by atoms with Gasteiger partial charge in [0.1, 0.15) is 12.4 Å². The van der Waals surface area contributed by atoms with Crippen LogP contribution in [0.5, 0.6) is 0 Å². The van der Waals surface area contributed by atoms with Crippen molar-refractivity contribution in [3.05, 3.63) is 42.0 Å². The van der Waals surface area contributed by atoms with E-state index >= 15 is 0 Å². The zero-order valence-electron chi connectivity index (χ0n) is 9.59. The molecule has 0 saturated heterocycles. The van der Waals surface area contributed by atoms with E-state index in [4.69, 9.17) is 5.26 Å². The van der Waals surface area contributed by atoms with Gasteiger partial charge in [-0.3, -0.25) is 0 Å². The number of nitrogens with one attached hydrogen (secondary N) is 1. The third kappa shape index (κ3) is 2.49. The molecule has 0 aliphatic rings. The second kappa shape index (κ2) is 5.23. The maximum Gasteiger partial charge on any atom is 0.252 e. The lowest BCUT2D eigenvalue weighted by Crippen LogP contribution is -2.14. The first-order chi connectivity index (χ1) is 8.35. The maximum absolute atomic E-state index is 8.71. The second-order valence-corrected chi connectivity index (χ2v) is 3.53. The first kappa shape index (κ1) is 11.3. The maximum atomic E-state index is 8.71.